The lowest BCUT2D eigenvalue weighted by molar-refractivity contribution is 0.624. The summed E-state index contributed by atoms with van der Waals surface area (Å²) < 4.78 is 0. The molecular formula is C11H24. The maximum Gasteiger partial charge on any atom is -0.0473 e. The Morgan fingerprint density at radius 1 is 0.909 bits per heavy atom. The summed E-state index contributed by atoms with van der Waals surface area (Å²) in [5, 5.41) is 0. The van der Waals surface area contributed by atoms with Gasteiger partial charge in [0.05, 0.1) is 0 Å². The number of hydrogen-bond acceptors (Lipinski definition) is 0. The molecule has 0 aliphatic rings. The lowest BCUT2D eigenvalue weighted by Crippen LogP contribution is -1.73. The molecular weight excluding hydrogens is 132 g/mol. The van der Waals surface area contributed by atoms with Gasteiger partial charge in [-0.2, -0.15) is 0 Å². The van der Waals surface area contributed by atoms with Gasteiger partial charge in [-0.05, 0) is 6.92 Å². The van der Waals surface area contributed by atoms with Crippen LogP contribution in [0.25, 0.3) is 0 Å². The van der Waals surface area contributed by atoms with Crippen LogP contribution in [0.3, 0.4) is 0 Å². The normalized spacial score (nSPS) is 8.27. The van der Waals surface area contributed by atoms with E-state index in [2.05, 4.69) is 20.4 Å². The molecule has 68 valence electrons. The maximum absolute atomic E-state index is 3.36. The van der Waals surface area contributed by atoms with Crippen LogP contribution in [0.4, 0.5) is 0 Å². The molecule has 0 radical (unpaired) electrons. The Morgan fingerprint density at radius 2 is 1.18 bits per heavy atom. The molecule has 0 unspecified atom stereocenters. The highest BCUT2D eigenvalue weighted by Gasteiger charge is 1.83. The van der Waals surface area contributed by atoms with Crippen LogP contribution in [0.15, 0.2) is 12.7 Å². The van der Waals surface area contributed by atoms with Gasteiger partial charge < -0.3 is 0 Å². The van der Waals surface area contributed by atoms with Gasteiger partial charge in [0, 0.05) is 0 Å². The van der Waals surface area contributed by atoms with Crippen LogP contribution in [-0.4, -0.2) is 0 Å². The maximum atomic E-state index is 3.36. The highest BCUT2D eigenvalue weighted by atomic mass is 13.9. The van der Waals surface area contributed by atoms with E-state index in [1.807, 2.05) is 6.92 Å². The van der Waals surface area contributed by atoms with Gasteiger partial charge in [0.25, 0.3) is 0 Å². The van der Waals surface area contributed by atoms with Gasteiger partial charge >= 0.3 is 0 Å². The molecule has 0 N–H and O–H groups in total. The van der Waals surface area contributed by atoms with Gasteiger partial charge in [-0.1, -0.05) is 58.4 Å². The second kappa shape index (κ2) is 16.4. The summed E-state index contributed by atoms with van der Waals surface area (Å²) in [5.74, 6) is 0. The molecule has 0 rings (SSSR count). The van der Waals surface area contributed by atoms with Crippen molar-refractivity contribution >= 4 is 0 Å². The summed E-state index contributed by atoms with van der Waals surface area (Å²) in [5.41, 5.74) is 0. The first-order valence-electron chi connectivity index (χ1n) is 4.90. The zero-order valence-electron chi connectivity index (χ0n) is 8.53. The van der Waals surface area contributed by atoms with E-state index >= 15 is 0 Å². The van der Waals surface area contributed by atoms with Crippen LogP contribution in [0.1, 0.15) is 59.3 Å². The molecule has 0 saturated heterocycles. The van der Waals surface area contributed by atoms with Crippen molar-refractivity contribution in [3.63, 3.8) is 0 Å². The average molecular weight is 156 g/mol. The lowest BCUT2D eigenvalue weighted by Gasteiger charge is -1.93. The first-order valence-corrected chi connectivity index (χ1v) is 4.90. The number of rotatable bonds is 5. The molecule has 0 nitrogen and oxygen atoms in total. The molecule has 0 aromatic rings. The summed E-state index contributed by atoms with van der Waals surface area (Å²) in [4.78, 5) is 0. The standard InChI is InChI=1S/C8H18.C3H6/c1-3-5-7-8-6-4-2;1-3-2/h3-8H2,1-2H3;3H,1H2,2H3. The smallest absolute Gasteiger partial charge is 0.0473 e. The Hall–Kier alpha value is -0.260. The molecule has 0 bridgehead atoms. The molecule has 0 saturated carbocycles. The lowest BCUT2D eigenvalue weighted by atomic mass is 10.1. The topological polar surface area (TPSA) is 0 Å². The van der Waals surface area contributed by atoms with E-state index in [1.54, 1.807) is 6.08 Å². The highest BCUT2D eigenvalue weighted by Crippen LogP contribution is 2.03. The SMILES string of the molecule is C=CC.CCCCCCCC. The summed E-state index contributed by atoms with van der Waals surface area (Å²) in [7, 11) is 0. The van der Waals surface area contributed by atoms with Crippen LogP contribution in [-0.2, 0) is 0 Å². The fourth-order valence-electron chi connectivity index (χ4n) is 0.854. The molecule has 0 aliphatic heterocycles. The molecule has 0 aromatic carbocycles. The monoisotopic (exact) mass is 156 g/mol. The molecule has 0 heterocycles. The molecule has 0 heteroatoms. The van der Waals surface area contributed by atoms with E-state index in [1.165, 1.54) is 38.5 Å². The summed E-state index contributed by atoms with van der Waals surface area (Å²) >= 11 is 0. The third-order valence-corrected chi connectivity index (χ3v) is 1.46. The van der Waals surface area contributed by atoms with Gasteiger partial charge in [-0.15, -0.1) is 6.58 Å². The number of hydrogen-bond donors (Lipinski definition) is 0. The van der Waals surface area contributed by atoms with Gasteiger partial charge in [0.15, 0.2) is 0 Å². The quantitative estimate of drug-likeness (QED) is 0.404. The predicted molar refractivity (Wildman–Crippen MR) is 54.9 cm³/mol. The predicted octanol–water partition coefficient (Wildman–Crippen LogP) is 4.56. The van der Waals surface area contributed by atoms with Crippen LogP contribution in [0, 0.1) is 0 Å². The summed E-state index contributed by atoms with van der Waals surface area (Å²) in [6.45, 7) is 9.76. The van der Waals surface area contributed by atoms with E-state index in [9.17, 15) is 0 Å². The van der Waals surface area contributed by atoms with Crippen molar-refractivity contribution in [2.45, 2.75) is 59.3 Å². The van der Waals surface area contributed by atoms with Crippen molar-refractivity contribution in [1.29, 1.82) is 0 Å². The van der Waals surface area contributed by atoms with E-state index in [0.29, 0.717) is 0 Å². The fourth-order valence-corrected chi connectivity index (χ4v) is 0.854. The Bertz CT molecular complexity index is 49.1. The molecule has 11 heavy (non-hydrogen) atoms. The highest BCUT2D eigenvalue weighted by molar-refractivity contribution is 4.51. The Morgan fingerprint density at radius 3 is 1.36 bits per heavy atom. The van der Waals surface area contributed by atoms with E-state index < -0.39 is 0 Å². The second-order valence-electron chi connectivity index (χ2n) is 2.82. The fraction of sp³-hybridized carbons (Fsp3) is 0.818. The minimum atomic E-state index is 1.36. The van der Waals surface area contributed by atoms with Crippen LogP contribution in [0.5, 0.6) is 0 Å². The first kappa shape index (κ1) is 13.3. The molecule has 0 fully saturated rings. The van der Waals surface area contributed by atoms with Crippen molar-refractivity contribution in [1.82, 2.24) is 0 Å². The molecule has 0 amide bonds. The van der Waals surface area contributed by atoms with Crippen molar-refractivity contribution in [2.24, 2.45) is 0 Å². The van der Waals surface area contributed by atoms with Crippen LogP contribution >= 0.6 is 0 Å². The molecule has 0 aromatic heterocycles. The Kier molecular flexibility index (Phi) is 19.9. The molecule has 0 aliphatic carbocycles. The van der Waals surface area contributed by atoms with E-state index in [4.69, 9.17) is 0 Å². The van der Waals surface area contributed by atoms with Crippen LogP contribution < -0.4 is 0 Å². The van der Waals surface area contributed by atoms with Crippen molar-refractivity contribution in [3.8, 4) is 0 Å². The minimum Gasteiger partial charge on any atom is -0.103 e. The summed E-state index contributed by atoms with van der Waals surface area (Å²) in [6, 6.07) is 0. The van der Waals surface area contributed by atoms with Crippen LogP contribution in [0.2, 0.25) is 0 Å². The Balaban J connectivity index is 0. The zero-order chi connectivity index (χ0) is 8.95. The average Bonchev–Trinajstić information content (AvgIpc) is 2.00. The minimum absolute atomic E-state index is 1.36. The number of allylic oxidation sites excluding steroid dienone is 1. The molecule has 0 atom stereocenters. The molecule has 0 spiro atoms. The van der Waals surface area contributed by atoms with Gasteiger partial charge in [0.2, 0.25) is 0 Å². The third-order valence-electron chi connectivity index (χ3n) is 1.46. The Labute approximate surface area is 72.7 Å². The second-order valence-corrected chi connectivity index (χ2v) is 2.82. The summed E-state index contributed by atoms with van der Waals surface area (Å²) in [6.07, 6.45) is 10.2. The largest absolute Gasteiger partial charge is 0.103 e. The van der Waals surface area contributed by atoms with Gasteiger partial charge in [-0.3, -0.25) is 0 Å². The zero-order valence-corrected chi connectivity index (χ0v) is 8.53. The van der Waals surface area contributed by atoms with Gasteiger partial charge in [0.1, 0.15) is 0 Å². The van der Waals surface area contributed by atoms with Crippen molar-refractivity contribution in [2.75, 3.05) is 0 Å². The van der Waals surface area contributed by atoms with Crippen molar-refractivity contribution in [3.05, 3.63) is 12.7 Å². The first-order chi connectivity index (χ1) is 5.33. The third kappa shape index (κ3) is 26.0. The van der Waals surface area contributed by atoms with Crippen molar-refractivity contribution < 1.29 is 0 Å². The van der Waals surface area contributed by atoms with Gasteiger partial charge in [-0.25, -0.2) is 0 Å². The van der Waals surface area contributed by atoms with E-state index in [-0.39, 0.29) is 0 Å². The number of unbranched alkanes of at least 4 members (excludes halogenated alkanes) is 5. The van der Waals surface area contributed by atoms with E-state index in [0.717, 1.165) is 0 Å².